The third-order valence-electron chi connectivity index (χ3n) is 12.5. The van der Waals surface area contributed by atoms with Crippen molar-refractivity contribution in [2.75, 3.05) is 13.2 Å². The molecule has 6 fully saturated rings. The SMILES string of the molecule is CC(=O)O[C@@H]1C[C@]2(O)[C@@H]3CC[C@H]4C[C@H]5O[C@@H]6O[C@H](CO)C[C@@H](O)[C@]6(O)O[C@@H]5C[C@]4(C=O)[C@H]3CC[C@]2(C)[C@H]1C1=CC(=O)OC1. The number of carbonyl (C=O) groups excluding carboxylic acids is 3. The summed E-state index contributed by atoms with van der Waals surface area (Å²) in [4.78, 5) is 37.5. The Bertz CT molecular complexity index is 1220. The maximum atomic E-state index is 13.3. The molecule has 4 N–H and O–H groups in total. The van der Waals surface area contributed by atoms with Gasteiger partial charge in [-0.2, -0.15) is 0 Å². The number of esters is 2. The molecule has 2 saturated heterocycles. The smallest absolute Gasteiger partial charge is 0.331 e. The monoisotopic (exact) mass is 606 g/mol. The van der Waals surface area contributed by atoms with Crippen molar-refractivity contribution in [3.63, 3.8) is 0 Å². The second-order valence-electron chi connectivity index (χ2n) is 14.3. The fourth-order valence-electron chi connectivity index (χ4n) is 10.6. The third-order valence-corrected chi connectivity index (χ3v) is 12.5. The molecule has 4 aliphatic carbocycles. The van der Waals surface area contributed by atoms with Crippen LogP contribution in [0, 0.1) is 34.5 Å². The van der Waals surface area contributed by atoms with Crippen LogP contribution in [-0.2, 0) is 38.1 Å². The number of hydrogen-bond acceptors (Lipinski definition) is 12. The maximum Gasteiger partial charge on any atom is 0.331 e. The number of fused-ring (bicyclic) bond motifs is 7. The van der Waals surface area contributed by atoms with E-state index >= 15 is 0 Å². The predicted octanol–water partition coefficient (Wildman–Crippen LogP) is 0.515. The highest BCUT2D eigenvalue weighted by atomic mass is 16.8. The summed E-state index contributed by atoms with van der Waals surface area (Å²) in [5.74, 6) is -3.96. The average Bonchev–Trinajstić information content (AvgIpc) is 3.47. The standard InChI is InChI=1S/C31H42O12/c1-15(34)40-23-11-30(37)20-4-3-17-8-21-22(43-31(38)24(35)9-18(12-32)41-27(31)42-21)10-29(17,14-33)19(20)5-6-28(30,2)26(23)16-7-25(36)39-13-16/h7,14,17-24,26-27,32,35,37-38H,3-6,8-13H2,1-2H3/t17-,18-,19-,20+,21+,22+,23+,24+,26-,27-,28+,29+,30-,31-/m0/s1. The van der Waals surface area contributed by atoms with E-state index in [-0.39, 0.29) is 50.2 Å². The van der Waals surface area contributed by atoms with Crippen molar-refractivity contribution in [2.24, 2.45) is 34.5 Å². The van der Waals surface area contributed by atoms with Gasteiger partial charge in [0.15, 0.2) is 0 Å². The summed E-state index contributed by atoms with van der Waals surface area (Å²) in [5, 5.41) is 44.4. The van der Waals surface area contributed by atoms with E-state index in [1.165, 1.54) is 13.0 Å². The molecule has 43 heavy (non-hydrogen) atoms. The molecular formula is C31H42O12. The minimum absolute atomic E-state index is 0.0280. The molecule has 0 unspecified atom stereocenters. The van der Waals surface area contributed by atoms with Gasteiger partial charge in [0.2, 0.25) is 12.1 Å². The minimum Gasteiger partial charge on any atom is -0.462 e. The number of aliphatic hydroxyl groups excluding tert-OH is 2. The lowest BCUT2D eigenvalue weighted by molar-refractivity contribution is -0.459. The molecule has 0 aromatic carbocycles. The zero-order valence-corrected chi connectivity index (χ0v) is 24.6. The van der Waals surface area contributed by atoms with E-state index in [2.05, 4.69) is 0 Å². The number of rotatable bonds is 4. The Kier molecular flexibility index (Phi) is 6.95. The normalized spacial score (nSPS) is 53.7. The Morgan fingerprint density at radius 1 is 1.12 bits per heavy atom. The number of hydrogen-bond donors (Lipinski definition) is 4. The van der Waals surface area contributed by atoms with Crippen LogP contribution in [0.25, 0.3) is 0 Å². The van der Waals surface area contributed by atoms with Crippen molar-refractivity contribution in [3.05, 3.63) is 11.6 Å². The summed E-state index contributed by atoms with van der Waals surface area (Å²) in [5.41, 5.74) is -2.13. The summed E-state index contributed by atoms with van der Waals surface area (Å²) in [6.45, 7) is 3.12. The van der Waals surface area contributed by atoms with Gasteiger partial charge in [-0.05, 0) is 61.9 Å². The molecule has 0 amide bonds. The van der Waals surface area contributed by atoms with Crippen LogP contribution in [-0.4, -0.2) is 100 Å². The molecule has 7 aliphatic rings. The molecular weight excluding hydrogens is 564 g/mol. The lowest BCUT2D eigenvalue weighted by atomic mass is 9.42. The predicted molar refractivity (Wildman–Crippen MR) is 143 cm³/mol. The summed E-state index contributed by atoms with van der Waals surface area (Å²) in [6.07, 6.45) is 0.808. The molecule has 0 bridgehead atoms. The Balaban J connectivity index is 1.20. The Labute approximate surface area is 249 Å². The number of ether oxygens (including phenoxy) is 5. The van der Waals surface area contributed by atoms with E-state index in [0.29, 0.717) is 32.1 Å². The molecule has 3 aliphatic heterocycles. The van der Waals surface area contributed by atoms with Gasteiger partial charge in [-0.1, -0.05) is 6.92 Å². The molecule has 0 aromatic rings. The van der Waals surface area contributed by atoms with Gasteiger partial charge in [-0.3, -0.25) is 4.79 Å². The van der Waals surface area contributed by atoms with Crippen molar-refractivity contribution in [1.82, 2.24) is 0 Å². The van der Waals surface area contributed by atoms with E-state index in [4.69, 9.17) is 23.7 Å². The molecule has 14 atom stereocenters. The van der Waals surface area contributed by atoms with Gasteiger partial charge in [-0.15, -0.1) is 0 Å². The quantitative estimate of drug-likeness (QED) is 0.198. The Morgan fingerprint density at radius 3 is 2.58 bits per heavy atom. The van der Waals surface area contributed by atoms with Crippen molar-refractivity contribution in [1.29, 1.82) is 0 Å². The summed E-state index contributed by atoms with van der Waals surface area (Å²) in [7, 11) is 0. The van der Waals surface area contributed by atoms with Crippen LogP contribution in [0.5, 0.6) is 0 Å². The van der Waals surface area contributed by atoms with Gasteiger partial charge < -0.3 is 48.9 Å². The molecule has 4 saturated carbocycles. The zero-order valence-electron chi connectivity index (χ0n) is 24.6. The molecule has 0 aromatic heterocycles. The van der Waals surface area contributed by atoms with Gasteiger partial charge in [0, 0.05) is 42.6 Å². The first kappa shape index (κ1) is 29.8. The summed E-state index contributed by atoms with van der Waals surface area (Å²) in [6, 6.07) is 0. The van der Waals surface area contributed by atoms with Crippen molar-refractivity contribution >= 4 is 18.2 Å². The van der Waals surface area contributed by atoms with Crippen LogP contribution in [0.4, 0.5) is 0 Å². The molecule has 0 spiro atoms. The van der Waals surface area contributed by atoms with Crippen LogP contribution in [0.3, 0.4) is 0 Å². The van der Waals surface area contributed by atoms with E-state index < -0.39 is 76.9 Å². The third kappa shape index (κ3) is 4.10. The number of aliphatic hydroxyl groups is 4. The highest BCUT2D eigenvalue weighted by Crippen LogP contribution is 2.70. The van der Waals surface area contributed by atoms with Crippen molar-refractivity contribution < 1.29 is 58.5 Å². The van der Waals surface area contributed by atoms with Crippen LogP contribution < -0.4 is 0 Å². The largest absolute Gasteiger partial charge is 0.462 e. The van der Waals surface area contributed by atoms with Gasteiger partial charge in [0.05, 0.1) is 30.5 Å². The van der Waals surface area contributed by atoms with Crippen LogP contribution >= 0.6 is 0 Å². The average molecular weight is 607 g/mol. The van der Waals surface area contributed by atoms with Gasteiger partial charge in [0.25, 0.3) is 0 Å². The molecule has 3 heterocycles. The molecule has 238 valence electrons. The van der Waals surface area contributed by atoms with Crippen LogP contribution in [0.1, 0.15) is 65.2 Å². The highest BCUT2D eigenvalue weighted by molar-refractivity contribution is 5.85. The van der Waals surface area contributed by atoms with E-state index in [1.54, 1.807) is 0 Å². The molecule has 12 nitrogen and oxygen atoms in total. The number of carbonyl (C=O) groups is 3. The first-order chi connectivity index (χ1) is 20.4. The summed E-state index contributed by atoms with van der Waals surface area (Å²) < 4.78 is 29.1. The molecule has 0 radical (unpaired) electrons. The van der Waals surface area contributed by atoms with Crippen LogP contribution in [0.15, 0.2) is 11.6 Å². The van der Waals surface area contributed by atoms with Gasteiger partial charge in [-0.25, -0.2) is 4.79 Å². The lowest BCUT2D eigenvalue weighted by Crippen LogP contribution is -2.71. The fraction of sp³-hybridized carbons (Fsp3) is 0.839. The van der Waals surface area contributed by atoms with Crippen molar-refractivity contribution in [2.45, 2.75) is 113 Å². The number of aldehydes is 1. The Morgan fingerprint density at radius 2 is 1.91 bits per heavy atom. The van der Waals surface area contributed by atoms with Crippen molar-refractivity contribution in [3.8, 4) is 0 Å². The minimum atomic E-state index is -2.13. The van der Waals surface area contributed by atoms with Gasteiger partial charge >= 0.3 is 11.9 Å². The molecule has 7 rings (SSSR count). The second kappa shape index (κ2) is 10.0. The highest BCUT2D eigenvalue weighted by Gasteiger charge is 2.73. The fourth-order valence-corrected chi connectivity index (χ4v) is 10.6. The van der Waals surface area contributed by atoms with E-state index in [9.17, 15) is 34.8 Å². The van der Waals surface area contributed by atoms with Crippen LogP contribution in [0.2, 0.25) is 0 Å². The lowest BCUT2D eigenvalue weighted by Gasteiger charge is -2.64. The second-order valence-corrected chi connectivity index (χ2v) is 14.3. The Hall–Kier alpha value is -1.93. The first-order valence-corrected chi connectivity index (χ1v) is 15.6. The summed E-state index contributed by atoms with van der Waals surface area (Å²) >= 11 is 0. The van der Waals surface area contributed by atoms with Gasteiger partial charge in [0.1, 0.15) is 25.1 Å². The first-order valence-electron chi connectivity index (χ1n) is 15.6. The number of cyclic esters (lactones) is 1. The van der Waals surface area contributed by atoms with E-state index in [1.807, 2.05) is 6.92 Å². The topological polar surface area (TPSA) is 178 Å². The maximum absolute atomic E-state index is 13.3. The molecule has 12 heteroatoms. The zero-order chi connectivity index (χ0) is 30.5. The van der Waals surface area contributed by atoms with E-state index in [0.717, 1.165) is 11.9 Å².